The number of aliphatic hydroxyl groups excluding tert-OH is 1. The molecule has 0 unspecified atom stereocenters. The van der Waals surface area contributed by atoms with E-state index in [4.69, 9.17) is 5.11 Å². The summed E-state index contributed by atoms with van der Waals surface area (Å²) in [6.07, 6.45) is 0. The van der Waals surface area contributed by atoms with Crippen LogP contribution in [0.4, 0.5) is 0 Å². The Labute approximate surface area is 71.7 Å². The predicted octanol–water partition coefficient (Wildman–Crippen LogP) is 0.645. The summed E-state index contributed by atoms with van der Waals surface area (Å²) in [5, 5.41) is 21.2. The van der Waals surface area contributed by atoms with Crippen molar-refractivity contribution in [2.24, 2.45) is 0 Å². The van der Waals surface area contributed by atoms with E-state index in [1.54, 1.807) is 25.2 Å². The number of aromatic hydroxyl groups is 1. The summed E-state index contributed by atoms with van der Waals surface area (Å²) in [4.78, 5) is 0. The average Bonchev–Trinajstić information content (AvgIpc) is 2.10. The predicted molar refractivity (Wildman–Crippen MR) is 47.0 cm³/mol. The lowest BCUT2D eigenvalue weighted by molar-refractivity contribution is 0.248. The number of rotatable bonds is 3. The first kappa shape index (κ1) is 9.03. The fourth-order valence-electron chi connectivity index (χ4n) is 1.13. The van der Waals surface area contributed by atoms with Gasteiger partial charge in [-0.3, -0.25) is 0 Å². The van der Waals surface area contributed by atoms with Crippen LogP contribution < -0.4 is 5.32 Å². The van der Waals surface area contributed by atoms with Gasteiger partial charge in [0.15, 0.2) is 0 Å². The molecule has 1 aromatic rings. The second kappa shape index (κ2) is 4.09. The van der Waals surface area contributed by atoms with E-state index < -0.39 is 0 Å². The van der Waals surface area contributed by atoms with Gasteiger partial charge in [-0.05, 0) is 13.1 Å². The van der Waals surface area contributed by atoms with E-state index in [-0.39, 0.29) is 18.4 Å². The monoisotopic (exact) mass is 167 g/mol. The van der Waals surface area contributed by atoms with Crippen molar-refractivity contribution in [2.45, 2.75) is 6.04 Å². The van der Waals surface area contributed by atoms with Gasteiger partial charge in [0.2, 0.25) is 0 Å². The van der Waals surface area contributed by atoms with Crippen LogP contribution in [0, 0.1) is 0 Å². The Morgan fingerprint density at radius 3 is 2.58 bits per heavy atom. The van der Waals surface area contributed by atoms with Crippen LogP contribution in [-0.4, -0.2) is 23.9 Å². The number of hydrogen-bond donors (Lipinski definition) is 3. The van der Waals surface area contributed by atoms with Crippen LogP contribution in [-0.2, 0) is 0 Å². The Hall–Kier alpha value is -1.06. The molecule has 0 bridgehead atoms. The number of aliphatic hydroxyl groups is 1. The Balaban J connectivity index is 2.92. The molecule has 3 nitrogen and oxygen atoms in total. The second-order valence-corrected chi connectivity index (χ2v) is 2.58. The SMILES string of the molecule is CN[C@H](CO)c1ccccc1O. The highest BCUT2D eigenvalue weighted by Crippen LogP contribution is 2.22. The molecule has 0 amide bonds. The fourth-order valence-corrected chi connectivity index (χ4v) is 1.13. The number of benzene rings is 1. The summed E-state index contributed by atoms with van der Waals surface area (Å²) in [6, 6.07) is 6.78. The highest BCUT2D eigenvalue weighted by Gasteiger charge is 2.10. The standard InChI is InChI=1S/C9H13NO2/c1-10-8(6-11)7-4-2-3-5-9(7)12/h2-5,8,10-12H,6H2,1H3/t8-/m1/s1. The van der Waals surface area contributed by atoms with E-state index in [1.165, 1.54) is 0 Å². The van der Waals surface area contributed by atoms with Crippen LogP contribution in [0.15, 0.2) is 24.3 Å². The molecule has 0 heterocycles. The van der Waals surface area contributed by atoms with Crippen LogP contribution in [0.1, 0.15) is 11.6 Å². The summed E-state index contributed by atoms with van der Waals surface area (Å²) in [5.41, 5.74) is 0.725. The van der Waals surface area contributed by atoms with E-state index in [1.807, 2.05) is 6.07 Å². The highest BCUT2D eigenvalue weighted by atomic mass is 16.3. The minimum absolute atomic E-state index is 0.0198. The molecule has 0 aliphatic heterocycles. The number of phenolic OH excluding ortho intramolecular Hbond substituents is 1. The molecule has 1 aromatic carbocycles. The van der Waals surface area contributed by atoms with Crippen molar-refractivity contribution in [3.63, 3.8) is 0 Å². The first-order chi connectivity index (χ1) is 5.79. The van der Waals surface area contributed by atoms with Crippen molar-refractivity contribution in [1.82, 2.24) is 5.32 Å². The van der Waals surface area contributed by atoms with E-state index in [2.05, 4.69) is 5.32 Å². The number of phenols is 1. The molecule has 0 aromatic heterocycles. The first-order valence-corrected chi connectivity index (χ1v) is 3.85. The number of likely N-dealkylation sites (N-methyl/N-ethyl adjacent to an activating group) is 1. The van der Waals surface area contributed by atoms with Gasteiger partial charge >= 0.3 is 0 Å². The van der Waals surface area contributed by atoms with E-state index in [9.17, 15) is 5.11 Å². The number of hydrogen-bond acceptors (Lipinski definition) is 3. The zero-order valence-electron chi connectivity index (χ0n) is 6.99. The molecule has 0 saturated carbocycles. The molecule has 0 radical (unpaired) electrons. The second-order valence-electron chi connectivity index (χ2n) is 2.58. The summed E-state index contributed by atoms with van der Waals surface area (Å²) >= 11 is 0. The third-order valence-electron chi connectivity index (χ3n) is 1.84. The maximum Gasteiger partial charge on any atom is 0.120 e. The highest BCUT2D eigenvalue weighted by molar-refractivity contribution is 5.34. The number of nitrogens with one attached hydrogen (secondary N) is 1. The average molecular weight is 167 g/mol. The Kier molecular flexibility index (Phi) is 3.08. The fraction of sp³-hybridized carbons (Fsp3) is 0.333. The molecule has 0 aliphatic rings. The van der Waals surface area contributed by atoms with Crippen molar-refractivity contribution >= 4 is 0 Å². The lowest BCUT2D eigenvalue weighted by Gasteiger charge is -2.14. The number of para-hydroxylation sites is 1. The Morgan fingerprint density at radius 2 is 2.08 bits per heavy atom. The van der Waals surface area contributed by atoms with Crippen molar-refractivity contribution in [3.05, 3.63) is 29.8 Å². The molecule has 3 heteroatoms. The van der Waals surface area contributed by atoms with E-state index >= 15 is 0 Å². The summed E-state index contributed by atoms with van der Waals surface area (Å²) in [7, 11) is 1.74. The van der Waals surface area contributed by atoms with Crippen LogP contribution in [0.3, 0.4) is 0 Å². The van der Waals surface area contributed by atoms with Crippen LogP contribution in [0.5, 0.6) is 5.75 Å². The Morgan fingerprint density at radius 1 is 1.42 bits per heavy atom. The lowest BCUT2D eigenvalue weighted by Crippen LogP contribution is -2.19. The smallest absolute Gasteiger partial charge is 0.120 e. The van der Waals surface area contributed by atoms with Crippen LogP contribution in [0.2, 0.25) is 0 Å². The molecular formula is C9H13NO2. The van der Waals surface area contributed by atoms with Crippen molar-refractivity contribution in [1.29, 1.82) is 0 Å². The van der Waals surface area contributed by atoms with Gasteiger partial charge in [0.1, 0.15) is 5.75 Å². The van der Waals surface area contributed by atoms with Gasteiger partial charge in [-0.25, -0.2) is 0 Å². The summed E-state index contributed by atoms with van der Waals surface area (Å²) in [6.45, 7) is -0.0198. The van der Waals surface area contributed by atoms with E-state index in [0.29, 0.717) is 0 Å². The first-order valence-electron chi connectivity index (χ1n) is 3.85. The van der Waals surface area contributed by atoms with Crippen molar-refractivity contribution in [3.8, 4) is 5.75 Å². The van der Waals surface area contributed by atoms with Gasteiger partial charge in [-0.2, -0.15) is 0 Å². The zero-order valence-corrected chi connectivity index (χ0v) is 6.99. The topological polar surface area (TPSA) is 52.5 Å². The molecule has 1 atom stereocenters. The Bertz CT molecular complexity index is 246. The van der Waals surface area contributed by atoms with E-state index in [0.717, 1.165) is 5.56 Å². The van der Waals surface area contributed by atoms with Crippen molar-refractivity contribution < 1.29 is 10.2 Å². The van der Waals surface area contributed by atoms with Gasteiger partial charge in [0.05, 0.1) is 12.6 Å². The van der Waals surface area contributed by atoms with Gasteiger partial charge < -0.3 is 15.5 Å². The molecule has 0 saturated heterocycles. The normalized spacial score (nSPS) is 12.8. The molecule has 1 rings (SSSR count). The zero-order chi connectivity index (χ0) is 8.97. The van der Waals surface area contributed by atoms with Gasteiger partial charge in [-0.1, -0.05) is 18.2 Å². The van der Waals surface area contributed by atoms with Gasteiger partial charge in [0.25, 0.3) is 0 Å². The molecule has 0 spiro atoms. The maximum atomic E-state index is 9.39. The van der Waals surface area contributed by atoms with Crippen LogP contribution >= 0.6 is 0 Å². The quantitative estimate of drug-likeness (QED) is 0.619. The third-order valence-corrected chi connectivity index (χ3v) is 1.84. The third kappa shape index (κ3) is 1.75. The molecule has 0 aliphatic carbocycles. The molecule has 66 valence electrons. The summed E-state index contributed by atoms with van der Waals surface area (Å²) in [5.74, 6) is 0.214. The molecule has 12 heavy (non-hydrogen) atoms. The van der Waals surface area contributed by atoms with Gasteiger partial charge in [-0.15, -0.1) is 0 Å². The molecular weight excluding hydrogens is 154 g/mol. The van der Waals surface area contributed by atoms with Crippen LogP contribution in [0.25, 0.3) is 0 Å². The molecule has 3 N–H and O–H groups in total. The summed E-state index contributed by atoms with van der Waals surface area (Å²) < 4.78 is 0. The molecule has 0 fully saturated rings. The minimum atomic E-state index is -0.189. The van der Waals surface area contributed by atoms with Gasteiger partial charge in [0, 0.05) is 5.56 Å². The van der Waals surface area contributed by atoms with Crippen molar-refractivity contribution in [2.75, 3.05) is 13.7 Å². The minimum Gasteiger partial charge on any atom is -0.508 e. The lowest BCUT2D eigenvalue weighted by atomic mass is 10.1. The maximum absolute atomic E-state index is 9.39. The largest absolute Gasteiger partial charge is 0.508 e.